The number of hydrogen-bond acceptors (Lipinski definition) is 10. The zero-order chi connectivity index (χ0) is 23.1. The number of aliphatic hydroxyl groups is 3. The molecule has 2 rings (SSSR count). The summed E-state index contributed by atoms with van der Waals surface area (Å²) in [5.74, 6) is 2.58. The third-order valence-electron chi connectivity index (χ3n) is 5.22. The maximum absolute atomic E-state index is 9.80. The number of hydroxylamine groups is 2. The van der Waals surface area contributed by atoms with E-state index in [0.29, 0.717) is 13.0 Å². The summed E-state index contributed by atoms with van der Waals surface area (Å²) >= 11 is 0. The Hall–Kier alpha value is -0.840. The van der Waals surface area contributed by atoms with E-state index in [1.807, 2.05) is 0 Å². The second-order valence-corrected chi connectivity index (χ2v) is 7.71. The summed E-state index contributed by atoms with van der Waals surface area (Å²) in [6, 6.07) is 0. The van der Waals surface area contributed by atoms with E-state index < -0.39 is 30.7 Å². The first-order valence-corrected chi connectivity index (χ1v) is 10.9. The van der Waals surface area contributed by atoms with Gasteiger partial charge in [-0.15, -0.1) is 12.3 Å². The highest BCUT2D eigenvalue weighted by molar-refractivity contribution is 4.89. The van der Waals surface area contributed by atoms with E-state index in [4.69, 9.17) is 35.8 Å². The fraction of sp³-hybridized carbons (Fsp3) is 0.905. The van der Waals surface area contributed by atoms with Crippen molar-refractivity contribution in [2.24, 2.45) is 0 Å². The van der Waals surface area contributed by atoms with Crippen LogP contribution in [0.1, 0.15) is 51.4 Å². The van der Waals surface area contributed by atoms with Gasteiger partial charge in [0, 0.05) is 26.7 Å². The molecule has 6 atom stereocenters. The van der Waals surface area contributed by atoms with Crippen molar-refractivity contribution in [2.45, 2.75) is 88.2 Å². The first kappa shape index (κ1) is 28.2. The average molecular weight is 450 g/mol. The van der Waals surface area contributed by atoms with Gasteiger partial charge in [0.2, 0.25) is 0 Å². The van der Waals surface area contributed by atoms with Crippen molar-refractivity contribution in [3.8, 4) is 12.3 Å². The molecule has 31 heavy (non-hydrogen) atoms. The number of unbranched alkanes of at least 4 members (excludes halogenated alkanes) is 3. The van der Waals surface area contributed by atoms with E-state index in [0.717, 1.165) is 45.1 Å². The highest BCUT2D eigenvalue weighted by Crippen LogP contribution is 2.22. The van der Waals surface area contributed by atoms with Crippen LogP contribution >= 0.6 is 0 Å². The van der Waals surface area contributed by atoms with Crippen molar-refractivity contribution in [3.63, 3.8) is 0 Å². The van der Waals surface area contributed by atoms with Gasteiger partial charge in [-0.1, -0.05) is 11.6 Å². The molecule has 10 nitrogen and oxygen atoms in total. The summed E-state index contributed by atoms with van der Waals surface area (Å²) in [4.78, 5) is 0. The van der Waals surface area contributed by atoms with Crippen LogP contribution in [0, 0.1) is 12.3 Å². The highest BCUT2D eigenvalue weighted by Gasteiger charge is 2.43. The van der Waals surface area contributed by atoms with Crippen molar-refractivity contribution in [1.82, 2.24) is 5.23 Å². The fourth-order valence-corrected chi connectivity index (χ4v) is 3.35. The molecule has 2 aliphatic heterocycles. The smallest absolute Gasteiger partial charge is 0.186 e. The first-order chi connectivity index (χ1) is 14.9. The standard InChI is InChI=1S/C14H24O6.C7H15NO3/c1-3-4-5-6-7-8-19-9-10-11(15)12(16)13(17)14(18-2)20-10;9-8(10)5-4-7-3-1-2-6-11-7/h1,10-17H,4-9H2,2H3;7,9-10H,1-6H2/t10?,11-,12?,13?,14+;/m1./s1. The van der Waals surface area contributed by atoms with Gasteiger partial charge >= 0.3 is 0 Å². The molecule has 2 aliphatic rings. The lowest BCUT2D eigenvalue weighted by Crippen LogP contribution is -2.59. The maximum Gasteiger partial charge on any atom is 0.186 e. The number of ether oxygens (including phenoxy) is 4. The number of nitrogens with zero attached hydrogens (tertiary/aromatic N) is 1. The second-order valence-electron chi connectivity index (χ2n) is 7.71. The Morgan fingerprint density at radius 1 is 1.06 bits per heavy atom. The quantitative estimate of drug-likeness (QED) is 0.174. The monoisotopic (exact) mass is 449 g/mol. The number of aliphatic hydroxyl groups excluding tert-OH is 3. The Balaban J connectivity index is 0.000000367. The minimum Gasteiger partial charge on any atom is -0.387 e. The largest absolute Gasteiger partial charge is 0.387 e. The lowest BCUT2D eigenvalue weighted by molar-refractivity contribution is -0.309. The van der Waals surface area contributed by atoms with Gasteiger partial charge in [0.05, 0.1) is 19.3 Å². The zero-order valence-corrected chi connectivity index (χ0v) is 18.3. The highest BCUT2D eigenvalue weighted by atomic mass is 16.8. The molecule has 2 saturated heterocycles. The van der Waals surface area contributed by atoms with E-state index in [1.54, 1.807) is 0 Å². The summed E-state index contributed by atoms with van der Waals surface area (Å²) in [6.07, 6.45) is 7.62. The van der Waals surface area contributed by atoms with Crippen molar-refractivity contribution in [1.29, 1.82) is 0 Å². The molecule has 182 valence electrons. The second kappa shape index (κ2) is 16.7. The van der Waals surface area contributed by atoms with Crippen LogP contribution in [-0.2, 0) is 18.9 Å². The third kappa shape index (κ3) is 11.5. The Bertz CT molecular complexity index is 480. The van der Waals surface area contributed by atoms with Gasteiger partial charge in [0.1, 0.15) is 24.4 Å². The van der Waals surface area contributed by atoms with Crippen LogP contribution in [0.25, 0.3) is 0 Å². The van der Waals surface area contributed by atoms with Crippen molar-refractivity contribution in [2.75, 3.05) is 33.5 Å². The van der Waals surface area contributed by atoms with Gasteiger partial charge in [-0.25, -0.2) is 0 Å². The molecular formula is C21H39NO9. The zero-order valence-electron chi connectivity index (χ0n) is 18.3. The summed E-state index contributed by atoms with van der Waals surface area (Å²) in [5.41, 5.74) is 0. The molecule has 0 aromatic heterocycles. The number of terminal acetylenes is 1. The molecule has 2 fully saturated rings. The summed E-state index contributed by atoms with van der Waals surface area (Å²) < 4.78 is 21.0. The number of methoxy groups -OCH3 is 1. The Morgan fingerprint density at radius 3 is 2.45 bits per heavy atom. The molecule has 0 saturated carbocycles. The molecule has 4 unspecified atom stereocenters. The molecule has 0 radical (unpaired) electrons. The van der Waals surface area contributed by atoms with Crippen molar-refractivity contribution >= 4 is 0 Å². The topological polar surface area (TPSA) is 141 Å². The van der Waals surface area contributed by atoms with Crippen LogP contribution < -0.4 is 0 Å². The molecule has 0 amide bonds. The molecule has 0 spiro atoms. The predicted molar refractivity (Wildman–Crippen MR) is 110 cm³/mol. The normalized spacial score (nSPS) is 31.0. The maximum atomic E-state index is 9.80. The van der Waals surface area contributed by atoms with Crippen molar-refractivity contribution < 1.29 is 44.7 Å². The van der Waals surface area contributed by atoms with Crippen LogP contribution in [0.3, 0.4) is 0 Å². The molecule has 0 aromatic rings. The summed E-state index contributed by atoms with van der Waals surface area (Å²) in [6.45, 7) is 1.76. The summed E-state index contributed by atoms with van der Waals surface area (Å²) in [5, 5.41) is 46.1. The van der Waals surface area contributed by atoms with Gasteiger partial charge in [-0.05, 0) is 38.5 Å². The fourth-order valence-electron chi connectivity index (χ4n) is 3.35. The first-order valence-electron chi connectivity index (χ1n) is 10.9. The molecular weight excluding hydrogens is 410 g/mol. The van der Waals surface area contributed by atoms with Crippen LogP contribution in [0.2, 0.25) is 0 Å². The van der Waals surface area contributed by atoms with E-state index in [1.165, 1.54) is 13.5 Å². The van der Waals surface area contributed by atoms with Gasteiger partial charge in [0.25, 0.3) is 0 Å². The van der Waals surface area contributed by atoms with Gasteiger partial charge in [0.15, 0.2) is 6.29 Å². The van der Waals surface area contributed by atoms with E-state index >= 15 is 0 Å². The Morgan fingerprint density at radius 2 is 1.84 bits per heavy atom. The number of rotatable bonds is 11. The third-order valence-corrected chi connectivity index (χ3v) is 5.22. The van der Waals surface area contributed by atoms with Crippen LogP contribution in [0.15, 0.2) is 0 Å². The molecule has 0 aliphatic carbocycles. The predicted octanol–water partition coefficient (Wildman–Crippen LogP) is 0.677. The Kier molecular flexibility index (Phi) is 15.2. The molecule has 0 bridgehead atoms. The van der Waals surface area contributed by atoms with E-state index in [9.17, 15) is 15.3 Å². The lowest BCUT2D eigenvalue weighted by atomic mass is 9.99. The van der Waals surface area contributed by atoms with Gasteiger partial charge < -0.3 is 34.3 Å². The molecule has 0 aromatic carbocycles. The SMILES string of the molecule is C#CCCCCCOCC1O[C@H](OC)C(O)C(O)[C@@H]1O.ON(O)CCC1CCCCO1. The number of hydrogen-bond donors (Lipinski definition) is 5. The van der Waals surface area contributed by atoms with Crippen LogP contribution in [0.4, 0.5) is 0 Å². The van der Waals surface area contributed by atoms with E-state index in [2.05, 4.69) is 5.92 Å². The van der Waals surface area contributed by atoms with Crippen molar-refractivity contribution in [3.05, 3.63) is 0 Å². The average Bonchev–Trinajstić information content (AvgIpc) is 2.78. The Labute approximate surface area is 184 Å². The van der Waals surface area contributed by atoms with E-state index in [-0.39, 0.29) is 24.5 Å². The molecule has 5 N–H and O–H groups in total. The van der Waals surface area contributed by atoms with Crippen LogP contribution in [0.5, 0.6) is 0 Å². The van der Waals surface area contributed by atoms with Gasteiger partial charge in [-0.2, -0.15) is 0 Å². The minimum absolute atomic E-state index is 0.139. The molecule has 10 heteroatoms. The summed E-state index contributed by atoms with van der Waals surface area (Å²) in [7, 11) is 1.36. The van der Waals surface area contributed by atoms with Gasteiger partial charge in [-0.3, -0.25) is 10.4 Å². The molecule has 2 heterocycles. The lowest BCUT2D eigenvalue weighted by Gasteiger charge is -2.39. The minimum atomic E-state index is -1.31. The van der Waals surface area contributed by atoms with Crippen LogP contribution in [-0.4, -0.2) is 101 Å².